The average Bonchev–Trinajstić information content (AvgIpc) is 2.61. The van der Waals surface area contributed by atoms with Crippen molar-refractivity contribution in [3.05, 3.63) is 71.0 Å². The van der Waals surface area contributed by atoms with Crippen LogP contribution in [0.3, 0.4) is 0 Å². The van der Waals surface area contributed by atoms with E-state index in [-0.39, 0.29) is 30.7 Å². The lowest BCUT2D eigenvalue weighted by atomic mass is 9.87. The SMILES string of the molecule is Cc1cc(F)ccc1[C@H]1CC(=O)CCN1[C@@](O)(C(=O)O)c1ccccc1. The Morgan fingerprint density at radius 3 is 2.54 bits per heavy atom. The van der Waals surface area contributed by atoms with Crippen LogP contribution in [0.4, 0.5) is 4.39 Å². The fourth-order valence-electron chi connectivity index (χ4n) is 3.59. The summed E-state index contributed by atoms with van der Waals surface area (Å²) in [4.78, 5) is 25.6. The second-order valence-electron chi connectivity index (χ2n) is 6.55. The largest absolute Gasteiger partial charge is 0.478 e. The molecule has 0 bridgehead atoms. The molecule has 0 aromatic heterocycles. The van der Waals surface area contributed by atoms with Gasteiger partial charge in [0.25, 0.3) is 0 Å². The van der Waals surface area contributed by atoms with Crippen LogP contribution in [-0.2, 0) is 15.3 Å². The van der Waals surface area contributed by atoms with Crippen LogP contribution in [0, 0.1) is 12.7 Å². The van der Waals surface area contributed by atoms with Gasteiger partial charge in [0.2, 0.25) is 5.72 Å². The van der Waals surface area contributed by atoms with Crippen LogP contribution in [0.5, 0.6) is 0 Å². The van der Waals surface area contributed by atoms with Gasteiger partial charge in [-0.15, -0.1) is 0 Å². The molecule has 5 nitrogen and oxygen atoms in total. The Hall–Kier alpha value is -2.57. The highest BCUT2D eigenvalue weighted by molar-refractivity contribution is 5.82. The van der Waals surface area contributed by atoms with Crippen molar-refractivity contribution in [3.8, 4) is 0 Å². The van der Waals surface area contributed by atoms with Gasteiger partial charge in [0, 0.05) is 31.0 Å². The van der Waals surface area contributed by atoms with E-state index in [1.165, 1.54) is 17.0 Å². The number of rotatable bonds is 4. The Morgan fingerprint density at radius 2 is 1.92 bits per heavy atom. The molecule has 2 aromatic carbocycles. The lowest BCUT2D eigenvalue weighted by Gasteiger charge is -2.44. The third kappa shape index (κ3) is 3.13. The predicted molar refractivity (Wildman–Crippen MR) is 92.8 cm³/mol. The van der Waals surface area contributed by atoms with Crippen LogP contribution in [-0.4, -0.2) is 33.4 Å². The number of carbonyl (C=O) groups excluding carboxylic acids is 1. The Morgan fingerprint density at radius 1 is 1.23 bits per heavy atom. The van der Waals surface area contributed by atoms with Crippen molar-refractivity contribution in [2.45, 2.75) is 31.5 Å². The van der Waals surface area contributed by atoms with Crippen molar-refractivity contribution < 1.29 is 24.2 Å². The molecule has 1 aliphatic heterocycles. The first-order valence-corrected chi connectivity index (χ1v) is 8.40. The minimum Gasteiger partial charge on any atom is -0.478 e. The fourth-order valence-corrected chi connectivity index (χ4v) is 3.59. The molecular weight excluding hydrogens is 337 g/mol. The van der Waals surface area contributed by atoms with Gasteiger partial charge in [-0.2, -0.15) is 0 Å². The van der Waals surface area contributed by atoms with E-state index in [1.807, 2.05) is 0 Å². The quantitative estimate of drug-likeness (QED) is 0.880. The van der Waals surface area contributed by atoms with Gasteiger partial charge in [-0.05, 0) is 30.2 Å². The summed E-state index contributed by atoms with van der Waals surface area (Å²) in [6, 6.07) is 11.6. The van der Waals surface area contributed by atoms with Gasteiger partial charge in [-0.3, -0.25) is 9.69 Å². The maximum atomic E-state index is 13.5. The minimum atomic E-state index is -2.28. The molecule has 0 saturated carbocycles. The van der Waals surface area contributed by atoms with Crippen LogP contribution in [0.15, 0.2) is 48.5 Å². The van der Waals surface area contributed by atoms with E-state index in [2.05, 4.69) is 0 Å². The molecule has 0 spiro atoms. The second kappa shape index (κ2) is 6.97. The Balaban J connectivity index is 2.12. The van der Waals surface area contributed by atoms with Crippen molar-refractivity contribution in [2.24, 2.45) is 0 Å². The number of aliphatic carboxylic acids is 1. The number of nitrogens with zero attached hydrogens (tertiary/aromatic N) is 1. The van der Waals surface area contributed by atoms with Gasteiger partial charge in [-0.25, -0.2) is 9.18 Å². The van der Waals surface area contributed by atoms with Gasteiger partial charge < -0.3 is 10.2 Å². The number of halogens is 1. The fraction of sp³-hybridized carbons (Fsp3) is 0.300. The van der Waals surface area contributed by atoms with Gasteiger partial charge in [0.15, 0.2) is 0 Å². The molecule has 1 saturated heterocycles. The predicted octanol–water partition coefficient (Wildman–Crippen LogP) is 2.77. The van der Waals surface area contributed by atoms with E-state index in [4.69, 9.17) is 0 Å². The molecule has 1 heterocycles. The lowest BCUT2D eigenvalue weighted by Crippen LogP contribution is -2.56. The molecule has 2 atom stereocenters. The van der Waals surface area contributed by atoms with Crippen molar-refractivity contribution in [2.75, 3.05) is 6.54 Å². The summed E-state index contributed by atoms with van der Waals surface area (Å²) in [5, 5.41) is 21.0. The molecule has 0 aliphatic carbocycles. The first kappa shape index (κ1) is 18.2. The van der Waals surface area contributed by atoms with Gasteiger partial charge in [0.05, 0.1) is 0 Å². The molecule has 6 heteroatoms. The maximum absolute atomic E-state index is 13.5. The van der Waals surface area contributed by atoms with Gasteiger partial charge in [0.1, 0.15) is 11.6 Å². The summed E-state index contributed by atoms with van der Waals surface area (Å²) in [6.45, 7) is 1.80. The van der Waals surface area contributed by atoms with Crippen LogP contribution in [0.25, 0.3) is 0 Å². The Labute approximate surface area is 150 Å². The Kier molecular flexibility index (Phi) is 4.89. The van der Waals surface area contributed by atoms with Crippen molar-refractivity contribution in [1.29, 1.82) is 0 Å². The zero-order chi connectivity index (χ0) is 18.9. The monoisotopic (exact) mass is 357 g/mol. The molecule has 0 amide bonds. The van der Waals surface area contributed by atoms with E-state index in [0.29, 0.717) is 11.1 Å². The highest BCUT2D eigenvalue weighted by Crippen LogP contribution is 2.40. The molecule has 3 rings (SSSR count). The number of benzene rings is 2. The van der Waals surface area contributed by atoms with E-state index >= 15 is 0 Å². The zero-order valence-electron chi connectivity index (χ0n) is 14.4. The highest BCUT2D eigenvalue weighted by Gasteiger charge is 2.49. The number of aryl methyl sites for hydroxylation is 1. The molecule has 26 heavy (non-hydrogen) atoms. The normalized spacial score (nSPS) is 20.6. The van der Waals surface area contributed by atoms with E-state index < -0.39 is 23.6 Å². The first-order valence-electron chi connectivity index (χ1n) is 8.40. The maximum Gasteiger partial charge on any atom is 0.356 e. The number of likely N-dealkylation sites (tertiary alicyclic amines) is 1. The zero-order valence-corrected chi connectivity index (χ0v) is 14.4. The molecule has 136 valence electrons. The molecule has 2 aromatic rings. The second-order valence-corrected chi connectivity index (χ2v) is 6.55. The van der Waals surface area contributed by atoms with E-state index in [0.717, 1.165) is 0 Å². The summed E-state index contributed by atoms with van der Waals surface area (Å²) in [6.07, 6.45) is 0.216. The topological polar surface area (TPSA) is 77.8 Å². The molecule has 2 N–H and O–H groups in total. The number of aliphatic hydroxyl groups is 1. The number of carbonyl (C=O) groups is 2. The van der Waals surface area contributed by atoms with Crippen molar-refractivity contribution >= 4 is 11.8 Å². The third-order valence-electron chi connectivity index (χ3n) is 4.91. The highest BCUT2D eigenvalue weighted by atomic mass is 19.1. The van der Waals surface area contributed by atoms with Crippen LogP contribution >= 0.6 is 0 Å². The molecule has 1 fully saturated rings. The van der Waals surface area contributed by atoms with Gasteiger partial charge >= 0.3 is 5.97 Å². The summed E-state index contributed by atoms with van der Waals surface area (Å²) in [5.74, 6) is -1.84. The van der Waals surface area contributed by atoms with Crippen molar-refractivity contribution in [1.82, 2.24) is 4.90 Å². The molecular formula is C20H20FNO4. The summed E-state index contributed by atoms with van der Waals surface area (Å²) < 4.78 is 13.5. The number of carboxylic acids is 1. The number of hydrogen-bond acceptors (Lipinski definition) is 4. The smallest absolute Gasteiger partial charge is 0.356 e. The molecule has 1 aliphatic rings. The van der Waals surface area contributed by atoms with Crippen LogP contribution in [0.1, 0.15) is 35.6 Å². The summed E-state index contributed by atoms with van der Waals surface area (Å²) >= 11 is 0. The third-order valence-corrected chi connectivity index (χ3v) is 4.91. The molecule has 0 radical (unpaired) electrons. The Bertz CT molecular complexity index is 839. The number of hydrogen-bond donors (Lipinski definition) is 2. The van der Waals surface area contributed by atoms with Crippen molar-refractivity contribution in [3.63, 3.8) is 0 Å². The molecule has 0 unspecified atom stereocenters. The number of piperidine rings is 1. The van der Waals surface area contributed by atoms with E-state index in [9.17, 15) is 24.2 Å². The van der Waals surface area contributed by atoms with Crippen LogP contribution < -0.4 is 0 Å². The number of ketones is 1. The average molecular weight is 357 g/mol. The summed E-state index contributed by atoms with van der Waals surface area (Å²) in [7, 11) is 0. The minimum absolute atomic E-state index is 0.0178. The number of carboxylic acid groups (broad SMARTS) is 1. The standard InChI is InChI=1S/C20H20FNO4/c1-13-11-15(21)7-8-17(13)18-12-16(23)9-10-22(18)20(26,19(24)25)14-5-3-2-4-6-14/h2-8,11,18,26H,9-10,12H2,1H3,(H,24,25)/t18-,20+/m1/s1. The van der Waals surface area contributed by atoms with E-state index in [1.54, 1.807) is 43.3 Å². The lowest BCUT2D eigenvalue weighted by molar-refractivity contribution is -0.196. The summed E-state index contributed by atoms with van der Waals surface area (Å²) in [5.41, 5.74) is -0.829. The first-order chi connectivity index (χ1) is 12.3. The van der Waals surface area contributed by atoms with Gasteiger partial charge in [-0.1, -0.05) is 36.4 Å². The van der Waals surface area contributed by atoms with Crippen LogP contribution in [0.2, 0.25) is 0 Å². The number of Topliss-reactive ketones (excluding diaryl/α,β-unsaturated/α-hetero) is 1.